The number of esters is 6. The van der Waals surface area contributed by atoms with Gasteiger partial charge in [-0.05, 0) is 99.7 Å². The molecule has 0 radical (unpaired) electrons. The molecule has 82 heavy (non-hydrogen) atoms. The second-order valence-corrected chi connectivity index (χ2v) is 24.8. The molecule has 0 aromatic heterocycles. The van der Waals surface area contributed by atoms with Crippen LogP contribution in [0.3, 0.4) is 0 Å². The summed E-state index contributed by atoms with van der Waals surface area (Å²) < 4.78 is 34.2. The molecule has 0 spiro atoms. The first-order valence-electron chi connectivity index (χ1n) is 28.8. The van der Waals surface area contributed by atoms with Gasteiger partial charge in [-0.15, -0.1) is 0 Å². The fourth-order valence-corrected chi connectivity index (χ4v) is 8.18. The van der Waals surface area contributed by atoms with E-state index in [0.29, 0.717) is 0 Å². The number of cyclic esters (lactones) is 6. The fraction of sp³-hybridized carbons (Fsp3) is 0.793. The van der Waals surface area contributed by atoms with Gasteiger partial charge >= 0.3 is 35.8 Å². The molecular weight excluding hydrogens is 1070 g/mol. The topological polar surface area (TPSA) is 332 Å². The molecule has 1 saturated heterocycles. The summed E-state index contributed by atoms with van der Waals surface area (Å²) in [6, 6.07) is -8.45. The lowest BCUT2D eigenvalue weighted by atomic mass is 10.0. The number of carbonyl (C=O) groups is 12. The van der Waals surface area contributed by atoms with Crippen molar-refractivity contribution < 1.29 is 86.0 Å². The molecule has 6 amide bonds. The predicted molar refractivity (Wildman–Crippen MR) is 300 cm³/mol. The zero-order valence-electron chi connectivity index (χ0n) is 52.3. The third-order valence-electron chi connectivity index (χ3n) is 13.0. The van der Waals surface area contributed by atoms with E-state index < -0.39 is 174 Å². The Morgan fingerprint density at radius 2 is 0.463 bits per heavy atom. The third kappa shape index (κ3) is 24.6. The summed E-state index contributed by atoms with van der Waals surface area (Å²) in [5.41, 5.74) is 0. The molecule has 1 heterocycles. The number of rotatable bonds is 13. The first kappa shape index (κ1) is 73.7. The van der Waals surface area contributed by atoms with Gasteiger partial charge in [0, 0.05) is 0 Å². The number of nitrogens with one attached hydrogen (secondary N) is 6. The van der Waals surface area contributed by atoms with Gasteiger partial charge in [-0.2, -0.15) is 0 Å². The van der Waals surface area contributed by atoms with Crippen molar-refractivity contribution in [2.24, 2.45) is 53.3 Å². The largest absolute Gasteiger partial charge is 0.451 e. The Kier molecular flexibility index (Phi) is 30.8. The standard InChI is InChI=1S/C58H98N6O18/c1-26(2)22-38-47(65)59-35(19)53(71)77-41(25-29(7)8)50(68)62-42(30(9)10)56(74)78-39(23-27(3)4)48(66)60-36(20)54(72)81-46(34(17)18)52(70)64-44(32(13)14)58(76)80-40(24-28(5)6)49(67)61-37(21)55(73)82-45(33(15)16)51(69)63-43(31(11)12)57(75)79-38/h26-46H,22-25H2,1-21H3,(H,59,65)(H,60,66)(H,61,67)(H,62,68)(H,63,69)(H,64,70)/t35-,36-,37-,38-,39-,40-,41+,42+,43+,44+,45+,46+/m1/s1. The quantitative estimate of drug-likeness (QED) is 0.112. The third-order valence-corrected chi connectivity index (χ3v) is 13.0. The van der Waals surface area contributed by atoms with Crippen molar-refractivity contribution in [1.29, 1.82) is 0 Å². The summed E-state index contributed by atoms with van der Waals surface area (Å²) in [5.74, 6) is -15.9. The van der Waals surface area contributed by atoms with Gasteiger partial charge in [0.05, 0.1) is 0 Å². The highest BCUT2D eigenvalue weighted by Gasteiger charge is 2.41. The minimum absolute atomic E-state index is 0.0319. The Morgan fingerprint density at radius 3 is 0.671 bits per heavy atom. The number of hydrogen-bond acceptors (Lipinski definition) is 18. The van der Waals surface area contributed by atoms with E-state index in [1.165, 1.54) is 20.8 Å². The van der Waals surface area contributed by atoms with Crippen LogP contribution in [-0.2, 0) is 86.0 Å². The van der Waals surface area contributed by atoms with E-state index in [1.54, 1.807) is 125 Å². The van der Waals surface area contributed by atoms with Crippen molar-refractivity contribution in [2.45, 2.75) is 244 Å². The Hall–Kier alpha value is -6.36. The number of hydrogen-bond donors (Lipinski definition) is 6. The van der Waals surface area contributed by atoms with Crippen LogP contribution < -0.4 is 31.9 Å². The summed E-state index contributed by atoms with van der Waals surface area (Å²) in [6.07, 6.45) is -9.19. The van der Waals surface area contributed by atoms with Crippen LogP contribution in [0.4, 0.5) is 0 Å². The van der Waals surface area contributed by atoms with Gasteiger partial charge in [-0.3, -0.25) is 28.8 Å². The maximum atomic E-state index is 14.0. The van der Waals surface area contributed by atoms with Crippen LogP contribution in [0.5, 0.6) is 0 Å². The van der Waals surface area contributed by atoms with Crippen LogP contribution in [0.25, 0.3) is 0 Å². The van der Waals surface area contributed by atoms with Crippen LogP contribution >= 0.6 is 0 Å². The maximum Gasteiger partial charge on any atom is 0.329 e. The highest BCUT2D eigenvalue weighted by molar-refractivity contribution is 5.95. The molecule has 12 atom stereocenters. The zero-order chi connectivity index (χ0) is 63.4. The summed E-state index contributed by atoms with van der Waals surface area (Å²) in [6.45, 7) is 33.9. The summed E-state index contributed by atoms with van der Waals surface area (Å²) in [4.78, 5) is 166. The molecular formula is C58H98N6O18. The summed E-state index contributed by atoms with van der Waals surface area (Å²) in [5, 5.41) is 15.2. The Morgan fingerprint density at radius 1 is 0.268 bits per heavy atom. The van der Waals surface area contributed by atoms with E-state index >= 15 is 0 Å². The normalized spacial score (nSPS) is 28.0. The minimum atomic E-state index is -1.52. The Labute approximate surface area is 484 Å². The second kappa shape index (κ2) is 34.3. The van der Waals surface area contributed by atoms with Crippen molar-refractivity contribution in [3.05, 3.63) is 0 Å². The van der Waals surface area contributed by atoms with Gasteiger partial charge in [0.2, 0.25) is 0 Å². The number of ether oxygens (including phenoxy) is 6. The lowest BCUT2D eigenvalue weighted by Crippen LogP contribution is -2.55. The summed E-state index contributed by atoms with van der Waals surface area (Å²) >= 11 is 0. The van der Waals surface area contributed by atoms with Crippen molar-refractivity contribution in [3.8, 4) is 0 Å². The van der Waals surface area contributed by atoms with Crippen LogP contribution in [-0.4, -0.2) is 144 Å². The van der Waals surface area contributed by atoms with Crippen LogP contribution in [0.2, 0.25) is 0 Å². The van der Waals surface area contributed by atoms with Crippen molar-refractivity contribution >= 4 is 71.3 Å². The molecule has 1 aliphatic heterocycles. The highest BCUT2D eigenvalue weighted by Crippen LogP contribution is 2.20. The van der Waals surface area contributed by atoms with E-state index in [9.17, 15) is 57.5 Å². The Balaban J connectivity index is 3.96. The molecule has 1 aliphatic rings. The molecule has 1 rings (SSSR count). The molecule has 0 aliphatic carbocycles. The first-order chi connectivity index (χ1) is 37.8. The SMILES string of the molecule is CC(C)C[C@@H]1OC(=O)[C@@H](C)NC(=O)[C@@H](CC(C)C)OC(=O)[C@H](C(C)C)NC(=O)[C@H](C(C)C)OC(=O)[C@@H](C)NC(=O)[C@@H](CC(C)C)OC(=O)[C@H](C(C)C)NC(=O)[C@H](C(C)C)OC(=O)[C@@H](C)NC(=O)[C@@H](CC(C)C)OC(=O)[C@H](C(C)C)NC1=O. The maximum absolute atomic E-state index is 14.0. The van der Waals surface area contributed by atoms with Gasteiger partial charge in [0.25, 0.3) is 35.4 Å². The van der Waals surface area contributed by atoms with Crippen LogP contribution in [0.15, 0.2) is 0 Å². The van der Waals surface area contributed by atoms with E-state index in [1.807, 2.05) is 0 Å². The predicted octanol–water partition coefficient (Wildman–Crippen LogP) is 3.90. The smallest absolute Gasteiger partial charge is 0.329 e. The molecule has 0 aromatic rings. The summed E-state index contributed by atoms with van der Waals surface area (Å²) in [7, 11) is 0. The van der Waals surface area contributed by atoms with E-state index in [4.69, 9.17) is 28.4 Å². The minimum Gasteiger partial charge on any atom is -0.451 e. The molecule has 0 bridgehead atoms. The van der Waals surface area contributed by atoms with E-state index in [2.05, 4.69) is 31.9 Å². The lowest BCUT2D eigenvalue weighted by molar-refractivity contribution is -0.167. The molecule has 24 nitrogen and oxygen atoms in total. The zero-order valence-corrected chi connectivity index (χ0v) is 52.3. The van der Waals surface area contributed by atoms with Gasteiger partial charge in [-0.1, -0.05) is 125 Å². The second-order valence-electron chi connectivity index (χ2n) is 24.8. The van der Waals surface area contributed by atoms with Crippen LogP contribution in [0.1, 0.15) is 171 Å². The number of amides is 6. The lowest BCUT2D eigenvalue weighted by Gasteiger charge is -2.29. The van der Waals surface area contributed by atoms with Crippen molar-refractivity contribution in [1.82, 2.24) is 31.9 Å². The average Bonchev–Trinajstić information content (AvgIpc) is 3.46. The molecule has 1 fully saturated rings. The fourth-order valence-electron chi connectivity index (χ4n) is 8.18. The van der Waals surface area contributed by atoms with Gasteiger partial charge < -0.3 is 60.3 Å². The average molecular weight is 1170 g/mol. The highest BCUT2D eigenvalue weighted by atomic mass is 16.6. The molecule has 24 heteroatoms. The Bertz CT molecular complexity index is 2200. The monoisotopic (exact) mass is 1170 g/mol. The molecule has 0 saturated carbocycles. The molecule has 6 N–H and O–H groups in total. The van der Waals surface area contributed by atoms with Gasteiger partial charge in [0.15, 0.2) is 36.6 Å². The number of carbonyl (C=O) groups excluding carboxylic acids is 12. The first-order valence-corrected chi connectivity index (χ1v) is 28.8. The van der Waals surface area contributed by atoms with Gasteiger partial charge in [-0.25, -0.2) is 28.8 Å². The van der Waals surface area contributed by atoms with E-state index in [-0.39, 0.29) is 49.4 Å². The van der Waals surface area contributed by atoms with Crippen molar-refractivity contribution in [3.63, 3.8) is 0 Å². The van der Waals surface area contributed by atoms with Crippen molar-refractivity contribution in [2.75, 3.05) is 0 Å². The van der Waals surface area contributed by atoms with E-state index in [0.717, 1.165) is 0 Å². The molecule has 0 aromatic carbocycles. The molecule has 468 valence electrons. The van der Waals surface area contributed by atoms with Gasteiger partial charge in [0.1, 0.15) is 36.3 Å². The van der Waals surface area contributed by atoms with Crippen LogP contribution in [0, 0.1) is 53.3 Å². The molecule has 0 unspecified atom stereocenters.